The maximum atomic E-state index is 12.3. The van der Waals surface area contributed by atoms with Crippen molar-refractivity contribution < 1.29 is 33.3 Å². The highest BCUT2D eigenvalue weighted by atomic mass is 16.7. The summed E-state index contributed by atoms with van der Waals surface area (Å²) in [6.45, 7) is 1.83. The summed E-state index contributed by atoms with van der Waals surface area (Å²) in [5.41, 5.74) is 4.73. The largest absolute Gasteiger partial charge is 0.513 e. The van der Waals surface area contributed by atoms with Gasteiger partial charge in [0.15, 0.2) is 0 Å². The van der Waals surface area contributed by atoms with Crippen LogP contribution in [0.4, 0.5) is 21.9 Å². The molecule has 216 valence electrons. The highest BCUT2D eigenvalue weighted by Gasteiger charge is 2.15. The average Bonchev–Trinajstić information content (AvgIpc) is 3.01. The van der Waals surface area contributed by atoms with Gasteiger partial charge in [0.2, 0.25) is 0 Å². The Labute approximate surface area is 245 Å². The highest BCUT2D eigenvalue weighted by molar-refractivity contribution is 5.79. The molecular formula is C34H33NO7. The first-order valence-electron chi connectivity index (χ1n) is 13.4. The van der Waals surface area contributed by atoms with Crippen LogP contribution in [0.1, 0.15) is 18.1 Å². The third-order valence-corrected chi connectivity index (χ3v) is 5.99. The summed E-state index contributed by atoms with van der Waals surface area (Å²) in [4.78, 5) is 25.1. The van der Waals surface area contributed by atoms with E-state index < -0.39 is 6.16 Å². The molecule has 0 radical (unpaired) electrons. The number of carbonyl (C=O) groups is 2. The summed E-state index contributed by atoms with van der Waals surface area (Å²) < 4.78 is 26.1. The molecular weight excluding hydrogens is 534 g/mol. The lowest BCUT2D eigenvalue weighted by atomic mass is 10.1. The minimum atomic E-state index is -0.849. The van der Waals surface area contributed by atoms with E-state index in [2.05, 4.69) is 24.3 Å². The van der Waals surface area contributed by atoms with Crippen LogP contribution >= 0.6 is 0 Å². The van der Waals surface area contributed by atoms with E-state index in [1.54, 1.807) is 25.3 Å². The van der Waals surface area contributed by atoms with E-state index in [1.165, 1.54) is 6.92 Å². The summed E-state index contributed by atoms with van der Waals surface area (Å²) >= 11 is 0. The number of carbonyl (C=O) groups excluding carboxylic acids is 2. The second-order valence-corrected chi connectivity index (χ2v) is 9.02. The molecule has 4 rings (SSSR count). The van der Waals surface area contributed by atoms with Gasteiger partial charge in [-0.3, -0.25) is 4.79 Å². The van der Waals surface area contributed by atoms with Crippen molar-refractivity contribution in [3.05, 3.63) is 114 Å². The Bertz CT molecular complexity index is 1470. The molecule has 0 N–H and O–H groups in total. The molecule has 0 spiro atoms. The molecule has 42 heavy (non-hydrogen) atoms. The SMILES string of the molecule is COc1cccc(N(c2ccc(/C=C/c3ccccc3)cc2)c2cccc(OC(=O)OCCOCCOC(C)=O)c2)c1. The molecule has 0 aliphatic rings. The summed E-state index contributed by atoms with van der Waals surface area (Å²) in [6, 6.07) is 33.2. The van der Waals surface area contributed by atoms with Gasteiger partial charge in [-0.2, -0.15) is 0 Å². The Hall–Kier alpha value is -5.08. The topological polar surface area (TPSA) is 83.5 Å². The molecule has 0 amide bonds. The van der Waals surface area contributed by atoms with Crippen LogP contribution in [-0.4, -0.2) is 45.7 Å². The van der Waals surface area contributed by atoms with Gasteiger partial charge in [0.1, 0.15) is 24.7 Å². The molecule has 0 unspecified atom stereocenters. The van der Waals surface area contributed by atoms with Crippen molar-refractivity contribution in [2.75, 3.05) is 38.4 Å². The Kier molecular flexibility index (Phi) is 11.1. The monoisotopic (exact) mass is 567 g/mol. The first-order chi connectivity index (χ1) is 20.5. The minimum absolute atomic E-state index is 0.000399. The molecule has 0 aliphatic heterocycles. The molecule has 0 saturated heterocycles. The number of hydrogen-bond donors (Lipinski definition) is 0. The van der Waals surface area contributed by atoms with E-state index >= 15 is 0 Å². The fourth-order valence-corrected chi connectivity index (χ4v) is 4.03. The van der Waals surface area contributed by atoms with Crippen molar-refractivity contribution in [3.8, 4) is 11.5 Å². The zero-order valence-corrected chi connectivity index (χ0v) is 23.6. The number of methoxy groups -OCH3 is 1. The lowest BCUT2D eigenvalue weighted by Crippen LogP contribution is -2.16. The van der Waals surface area contributed by atoms with Crippen molar-refractivity contribution in [2.24, 2.45) is 0 Å². The van der Waals surface area contributed by atoms with E-state index in [-0.39, 0.29) is 32.4 Å². The number of hydrogen-bond acceptors (Lipinski definition) is 8. The highest BCUT2D eigenvalue weighted by Crippen LogP contribution is 2.37. The Morgan fingerprint density at radius 2 is 1.24 bits per heavy atom. The van der Waals surface area contributed by atoms with Gasteiger partial charge in [-0.05, 0) is 47.5 Å². The van der Waals surface area contributed by atoms with Crippen LogP contribution in [0.15, 0.2) is 103 Å². The maximum absolute atomic E-state index is 12.3. The van der Waals surface area contributed by atoms with Gasteiger partial charge in [0.25, 0.3) is 0 Å². The Balaban J connectivity index is 1.47. The zero-order valence-electron chi connectivity index (χ0n) is 23.6. The molecule has 0 heterocycles. The van der Waals surface area contributed by atoms with Crippen LogP contribution in [0.25, 0.3) is 12.2 Å². The van der Waals surface area contributed by atoms with Gasteiger partial charge in [0.05, 0.1) is 20.3 Å². The molecule has 0 fully saturated rings. The molecule has 0 bridgehead atoms. The van der Waals surface area contributed by atoms with E-state index in [4.69, 9.17) is 23.7 Å². The molecule has 8 nitrogen and oxygen atoms in total. The van der Waals surface area contributed by atoms with E-state index in [9.17, 15) is 9.59 Å². The van der Waals surface area contributed by atoms with Crippen molar-refractivity contribution in [3.63, 3.8) is 0 Å². The first-order valence-corrected chi connectivity index (χ1v) is 13.4. The minimum Gasteiger partial charge on any atom is -0.497 e. The smallest absolute Gasteiger partial charge is 0.497 e. The summed E-state index contributed by atoms with van der Waals surface area (Å²) in [5.74, 6) is 0.660. The Morgan fingerprint density at radius 1 is 0.643 bits per heavy atom. The zero-order chi connectivity index (χ0) is 29.6. The predicted octanol–water partition coefficient (Wildman–Crippen LogP) is 7.43. The normalized spacial score (nSPS) is 10.7. The Morgan fingerprint density at radius 3 is 1.88 bits per heavy atom. The van der Waals surface area contributed by atoms with Crippen LogP contribution in [0, 0.1) is 0 Å². The van der Waals surface area contributed by atoms with Crippen molar-refractivity contribution in [1.29, 1.82) is 0 Å². The van der Waals surface area contributed by atoms with Crippen LogP contribution in [0.2, 0.25) is 0 Å². The van der Waals surface area contributed by atoms with Crippen LogP contribution < -0.4 is 14.4 Å². The number of rotatable bonds is 13. The summed E-state index contributed by atoms with van der Waals surface area (Å²) in [6.07, 6.45) is 3.29. The summed E-state index contributed by atoms with van der Waals surface area (Å²) in [7, 11) is 1.63. The molecule has 0 aliphatic carbocycles. The van der Waals surface area contributed by atoms with Gasteiger partial charge in [-0.25, -0.2) is 4.79 Å². The third-order valence-electron chi connectivity index (χ3n) is 5.99. The van der Waals surface area contributed by atoms with Gasteiger partial charge < -0.3 is 28.6 Å². The molecule has 4 aromatic rings. The van der Waals surface area contributed by atoms with E-state index in [0.29, 0.717) is 11.5 Å². The van der Waals surface area contributed by atoms with Crippen LogP contribution in [-0.2, 0) is 19.0 Å². The van der Waals surface area contributed by atoms with Gasteiger partial charge >= 0.3 is 12.1 Å². The van der Waals surface area contributed by atoms with Gasteiger partial charge in [0, 0.05) is 36.1 Å². The molecule has 8 heteroatoms. The third kappa shape index (κ3) is 9.25. The lowest BCUT2D eigenvalue weighted by Gasteiger charge is -2.26. The lowest BCUT2D eigenvalue weighted by molar-refractivity contribution is -0.142. The molecule has 0 saturated carbocycles. The molecule has 4 aromatic carbocycles. The molecule has 0 aromatic heterocycles. The van der Waals surface area contributed by atoms with Gasteiger partial charge in [-0.1, -0.05) is 66.7 Å². The predicted molar refractivity (Wildman–Crippen MR) is 162 cm³/mol. The first kappa shape index (κ1) is 29.9. The number of anilines is 3. The summed E-state index contributed by atoms with van der Waals surface area (Å²) in [5, 5.41) is 0. The van der Waals surface area contributed by atoms with E-state index in [0.717, 1.165) is 28.2 Å². The van der Waals surface area contributed by atoms with Crippen LogP contribution in [0.5, 0.6) is 11.5 Å². The van der Waals surface area contributed by atoms with E-state index in [1.807, 2.05) is 77.7 Å². The average molecular weight is 568 g/mol. The van der Waals surface area contributed by atoms with Crippen molar-refractivity contribution in [2.45, 2.75) is 6.92 Å². The fourth-order valence-electron chi connectivity index (χ4n) is 4.03. The second kappa shape index (κ2) is 15.6. The number of ether oxygens (including phenoxy) is 5. The van der Waals surface area contributed by atoms with Crippen LogP contribution in [0.3, 0.4) is 0 Å². The number of esters is 1. The maximum Gasteiger partial charge on any atom is 0.513 e. The van der Waals surface area contributed by atoms with Crippen molar-refractivity contribution >= 4 is 41.3 Å². The molecule has 0 atom stereocenters. The standard InChI is InChI=1S/C34H33NO7/c1-26(36)40-22-20-39-21-23-41-34(37)42-33-13-7-11-31(25-33)35(30-10-6-12-32(24-30)38-2)29-18-16-28(17-19-29)15-14-27-8-4-3-5-9-27/h3-19,24-25H,20-23H2,1-2H3/b15-14+. The second-order valence-electron chi connectivity index (χ2n) is 9.02. The van der Waals surface area contributed by atoms with Gasteiger partial charge in [-0.15, -0.1) is 0 Å². The quantitative estimate of drug-likeness (QED) is 0.0714. The number of benzene rings is 4. The fraction of sp³-hybridized carbons (Fsp3) is 0.176. The number of nitrogens with zero attached hydrogens (tertiary/aromatic N) is 1. The van der Waals surface area contributed by atoms with Crippen molar-refractivity contribution in [1.82, 2.24) is 0 Å².